The number of aliphatic hydroxyl groups excluding tert-OH is 2. The van der Waals surface area contributed by atoms with Crippen molar-refractivity contribution in [3.05, 3.63) is 60.2 Å². The zero-order valence-electron chi connectivity index (χ0n) is 24.1. The van der Waals surface area contributed by atoms with Crippen LogP contribution < -0.4 is 33.9 Å². The van der Waals surface area contributed by atoms with E-state index in [9.17, 15) is 0 Å². The number of rotatable bonds is 24. The summed E-state index contributed by atoms with van der Waals surface area (Å²) in [4.78, 5) is 0. The minimum absolute atomic E-state index is 0. The molecule has 2 aromatic heterocycles. The zero-order valence-corrected chi connectivity index (χ0v) is 27.1. The first-order valence-electron chi connectivity index (χ1n) is 13.5. The summed E-state index contributed by atoms with van der Waals surface area (Å²) in [6.45, 7) is 8.44. The van der Waals surface area contributed by atoms with Gasteiger partial charge in [0.25, 0.3) is 0 Å². The summed E-state index contributed by atoms with van der Waals surface area (Å²) in [5, 5.41) is 18.2. The van der Waals surface area contributed by atoms with Crippen molar-refractivity contribution in [1.29, 1.82) is 0 Å². The second kappa shape index (κ2) is 33.0. The molecule has 2 rings (SSSR count). The fraction of sp³-hybridized carbons (Fsp3) is 0.643. The van der Waals surface area contributed by atoms with Gasteiger partial charge in [-0.3, -0.25) is 0 Å². The van der Waals surface area contributed by atoms with Crippen molar-refractivity contribution >= 4 is 23.2 Å². The number of hydrogen-bond donors (Lipinski definition) is 2. The van der Waals surface area contributed by atoms with Crippen LogP contribution in [-0.2, 0) is 54.7 Å². The largest absolute Gasteiger partial charge is 1.00 e. The van der Waals surface area contributed by atoms with E-state index in [4.69, 9.17) is 61.8 Å². The predicted molar refractivity (Wildman–Crippen MR) is 151 cm³/mol. The third-order valence-corrected chi connectivity index (χ3v) is 5.43. The Bertz CT molecular complexity index is 781. The highest BCUT2D eigenvalue weighted by Gasteiger charge is 2.03. The van der Waals surface area contributed by atoms with Crippen LogP contribution in [-0.4, -0.2) is 101 Å². The molecule has 0 unspecified atom stereocenters. The first-order chi connectivity index (χ1) is 19.7. The number of hydrogen-bond acceptors (Lipinski definition) is 8. The molecule has 244 valence electrons. The molecule has 0 spiro atoms. The van der Waals surface area contributed by atoms with Gasteiger partial charge in [-0.1, -0.05) is 0 Å². The lowest BCUT2D eigenvalue weighted by Gasteiger charge is -2.06. The maximum absolute atomic E-state index is 9.11. The molecular weight excluding hydrogens is 634 g/mol. The van der Waals surface area contributed by atoms with Gasteiger partial charge in [0.1, 0.15) is 13.2 Å². The van der Waals surface area contributed by atoms with Gasteiger partial charge in [0.15, 0.2) is 37.9 Å². The molecule has 0 fully saturated rings. The smallest absolute Gasteiger partial charge is 0.174 e. The molecule has 2 heterocycles. The molecule has 0 saturated carbocycles. The molecule has 0 atom stereocenters. The van der Waals surface area contributed by atoms with E-state index in [1.807, 2.05) is 58.2 Å². The lowest BCUT2D eigenvalue weighted by molar-refractivity contribution is -0.699. The Morgan fingerprint density at radius 3 is 1.12 bits per heavy atom. The second-order valence-electron chi connectivity index (χ2n) is 8.27. The third-order valence-electron chi connectivity index (χ3n) is 5.12. The fourth-order valence-electron chi connectivity index (χ4n) is 3.15. The van der Waals surface area contributed by atoms with E-state index < -0.39 is 0 Å². The molecule has 0 amide bonds. The van der Waals surface area contributed by atoms with Crippen LogP contribution in [0.25, 0.3) is 0 Å². The van der Waals surface area contributed by atoms with Gasteiger partial charge >= 0.3 is 0 Å². The summed E-state index contributed by atoms with van der Waals surface area (Å²) in [6, 6.07) is 7.60. The summed E-state index contributed by atoms with van der Waals surface area (Å²) >= 11 is 10.8. The Hall–Kier alpha value is -0.860. The lowest BCUT2D eigenvalue weighted by Crippen LogP contribution is -3.00. The Balaban J connectivity index is 0. The Kier molecular flexibility index (Phi) is 34.0. The predicted octanol–water partition coefficient (Wildman–Crippen LogP) is -4.48. The molecule has 0 radical (unpaired) electrons. The summed E-state index contributed by atoms with van der Waals surface area (Å²) in [5.41, 5.74) is 1.78. The average Bonchev–Trinajstić information content (AvgIpc) is 2.99. The first kappa shape index (κ1) is 43.3. The van der Waals surface area contributed by atoms with E-state index in [-0.39, 0.29) is 38.0 Å². The van der Waals surface area contributed by atoms with Gasteiger partial charge in [0, 0.05) is 35.0 Å². The molecule has 14 heteroatoms. The highest BCUT2D eigenvalue weighted by molar-refractivity contribution is 6.18. The quantitative estimate of drug-likeness (QED) is 0.0651. The topological polar surface area (TPSA) is 104 Å². The van der Waals surface area contributed by atoms with Crippen molar-refractivity contribution in [2.75, 3.05) is 91.0 Å². The second-order valence-corrected chi connectivity index (χ2v) is 9.02. The molecule has 0 aliphatic rings. The average molecular weight is 680 g/mol. The molecule has 0 aliphatic carbocycles. The number of aromatic nitrogens is 2. The van der Waals surface area contributed by atoms with Crippen molar-refractivity contribution in [3.63, 3.8) is 0 Å². The van der Waals surface area contributed by atoms with Crippen LogP contribution in [0.5, 0.6) is 0 Å². The molecule has 10 nitrogen and oxygen atoms in total. The van der Waals surface area contributed by atoms with Crippen LogP contribution in [0, 0.1) is 0 Å². The van der Waals surface area contributed by atoms with E-state index in [1.54, 1.807) is 0 Å². The van der Waals surface area contributed by atoms with Crippen LogP contribution >= 0.6 is 23.2 Å². The van der Waals surface area contributed by atoms with Gasteiger partial charge in [0.2, 0.25) is 0 Å². The minimum atomic E-state index is 0. The van der Waals surface area contributed by atoms with E-state index >= 15 is 0 Å². The summed E-state index contributed by atoms with van der Waals surface area (Å²) in [6.07, 6.45) is 7.73. The number of aliphatic hydroxyl groups is 2. The van der Waals surface area contributed by atoms with Crippen molar-refractivity contribution in [2.45, 2.75) is 26.3 Å². The van der Waals surface area contributed by atoms with Crippen LogP contribution in [0.3, 0.4) is 0 Å². The Labute approximate surface area is 272 Å². The van der Waals surface area contributed by atoms with E-state index in [0.29, 0.717) is 91.0 Å². The monoisotopic (exact) mass is 678 g/mol. The molecule has 2 aromatic rings. The number of halogens is 4. The third kappa shape index (κ3) is 25.6. The number of nitrogens with zero attached hydrogens (tertiary/aromatic N) is 2. The number of pyridine rings is 2. The van der Waals surface area contributed by atoms with Crippen molar-refractivity contribution in [2.24, 2.45) is 0 Å². The molecule has 0 aromatic carbocycles. The lowest BCUT2D eigenvalue weighted by atomic mass is 10.3. The van der Waals surface area contributed by atoms with Gasteiger partial charge in [-0.05, 0) is 12.1 Å². The van der Waals surface area contributed by atoms with Gasteiger partial charge in [0.05, 0.1) is 79.3 Å². The molecular formula is C28H46Cl4N2O8. The Morgan fingerprint density at radius 2 is 0.810 bits per heavy atom. The van der Waals surface area contributed by atoms with E-state index in [2.05, 4.69) is 0 Å². The van der Waals surface area contributed by atoms with Crippen molar-refractivity contribution < 1.29 is 72.6 Å². The Morgan fingerprint density at radius 1 is 0.500 bits per heavy atom. The van der Waals surface area contributed by atoms with Crippen LogP contribution in [0.1, 0.15) is 11.1 Å². The number of ether oxygens (including phenoxy) is 6. The van der Waals surface area contributed by atoms with Crippen LogP contribution in [0.15, 0.2) is 49.1 Å². The van der Waals surface area contributed by atoms with Gasteiger partial charge in [-0.2, -0.15) is 0 Å². The normalized spacial score (nSPS) is 10.4. The number of alkyl halides is 2. The highest BCUT2D eigenvalue weighted by atomic mass is 35.5. The summed E-state index contributed by atoms with van der Waals surface area (Å²) in [7, 11) is 0. The fourth-order valence-corrected chi connectivity index (χ4v) is 3.37. The molecule has 2 N–H and O–H groups in total. The van der Waals surface area contributed by atoms with E-state index in [1.165, 1.54) is 0 Å². The molecule has 0 bridgehead atoms. The zero-order chi connectivity index (χ0) is 28.9. The standard InChI is InChI=1S/C20H30N2O5.C8H16Cl2O3.2ClH/c23-17-19-3-1-5-21(15-19)7-9-25-11-13-27-14-12-26-10-8-22-6-2-4-20(16-22)18-24;9-1-3-11-5-7-13-8-6-12-4-2-10;;/h1-6,15-16,23-24H,7-14,17-18H2;1-8H2;2*1H/q+2;;;/p-2. The maximum atomic E-state index is 9.11. The van der Waals surface area contributed by atoms with Crippen molar-refractivity contribution in [1.82, 2.24) is 0 Å². The van der Waals surface area contributed by atoms with Crippen LogP contribution in [0.4, 0.5) is 0 Å². The SMILES string of the molecule is ClCCOCCOCCOCCCl.OCc1ccc[n+](CCOCCOCCOCC[n+]2cccc(CO)c2)c1.[Cl-].[Cl-]. The maximum Gasteiger partial charge on any atom is 0.174 e. The minimum Gasteiger partial charge on any atom is -1.00 e. The summed E-state index contributed by atoms with van der Waals surface area (Å²) < 4.78 is 35.9. The van der Waals surface area contributed by atoms with Crippen molar-refractivity contribution in [3.8, 4) is 0 Å². The molecule has 0 saturated heterocycles. The van der Waals surface area contributed by atoms with Gasteiger partial charge in [-0.15, -0.1) is 23.2 Å². The first-order valence-corrected chi connectivity index (χ1v) is 14.6. The van der Waals surface area contributed by atoms with Gasteiger partial charge < -0.3 is 63.4 Å². The molecule has 0 aliphatic heterocycles. The summed E-state index contributed by atoms with van der Waals surface area (Å²) in [5.74, 6) is 1.05. The van der Waals surface area contributed by atoms with Crippen LogP contribution in [0.2, 0.25) is 0 Å². The van der Waals surface area contributed by atoms with Gasteiger partial charge in [-0.25, -0.2) is 9.13 Å². The molecule has 42 heavy (non-hydrogen) atoms. The van der Waals surface area contributed by atoms with E-state index in [0.717, 1.165) is 24.2 Å². The highest BCUT2D eigenvalue weighted by Crippen LogP contribution is 1.94.